The zero-order valence-corrected chi connectivity index (χ0v) is 17.1. The second-order valence-electron chi connectivity index (χ2n) is 6.85. The van der Waals surface area contributed by atoms with Crippen molar-refractivity contribution in [1.29, 1.82) is 0 Å². The number of hydrogen-bond acceptors (Lipinski definition) is 2. The molecule has 0 radical (unpaired) electrons. The number of halogens is 1. The summed E-state index contributed by atoms with van der Waals surface area (Å²) < 4.78 is 5.22. The molecule has 3 N–H and O–H groups in total. The SMILES string of the molecule is COCc1ccccc1NC(N)=NCC1(C)Cc2ccccc2C1.I. The van der Waals surface area contributed by atoms with Gasteiger partial charge in [0.15, 0.2) is 5.96 Å². The Morgan fingerprint density at radius 2 is 1.72 bits per heavy atom. The number of aliphatic imine (C=N–C) groups is 1. The number of methoxy groups -OCH3 is 1. The quantitative estimate of drug-likeness (QED) is 0.411. The largest absolute Gasteiger partial charge is 0.380 e. The molecule has 25 heavy (non-hydrogen) atoms. The van der Waals surface area contributed by atoms with Crippen LogP contribution in [0.4, 0.5) is 5.69 Å². The van der Waals surface area contributed by atoms with E-state index in [0.29, 0.717) is 19.1 Å². The van der Waals surface area contributed by atoms with Crippen LogP contribution in [-0.4, -0.2) is 19.6 Å². The number of nitrogens with zero attached hydrogens (tertiary/aromatic N) is 1. The first-order valence-corrected chi connectivity index (χ1v) is 8.30. The molecule has 0 unspecified atom stereocenters. The zero-order valence-electron chi connectivity index (χ0n) is 14.8. The van der Waals surface area contributed by atoms with E-state index >= 15 is 0 Å². The standard InChI is InChI=1S/C20H25N3O.HI/c1-20(11-15-7-3-4-8-16(15)12-20)14-22-19(21)23-18-10-6-5-9-17(18)13-24-2;/h3-10H,11-14H2,1-2H3,(H3,21,22,23);1H. The minimum absolute atomic E-state index is 0. The summed E-state index contributed by atoms with van der Waals surface area (Å²) in [6, 6.07) is 16.6. The number of para-hydroxylation sites is 1. The number of guanidine groups is 1. The van der Waals surface area contributed by atoms with Crippen molar-refractivity contribution in [2.75, 3.05) is 19.0 Å². The van der Waals surface area contributed by atoms with Crippen molar-refractivity contribution in [3.8, 4) is 0 Å². The van der Waals surface area contributed by atoms with E-state index in [1.165, 1.54) is 11.1 Å². The number of ether oxygens (including phenoxy) is 1. The number of nitrogens with two attached hydrogens (primary N) is 1. The van der Waals surface area contributed by atoms with E-state index in [9.17, 15) is 0 Å². The van der Waals surface area contributed by atoms with Gasteiger partial charge in [0.25, 0.3) is 0 Å². The third-order valence-electron chi connectivity index (χ3n) is 4.56. The first-order valence-electron chi connectivity index (χ1n) is 8.30. The molecule has 4 nitrogen and oxygen atoms in total. The lowest BCUT2D eigenvalue weighted by atomic mass is 9.87. The molecule has 1 aliphatic carbocycles. The minimum Gasteiger partial charge on any atom is -0.380 e. The number of fused-ring (bicyclic) bond motifs is 1. The average molecular weight is 451 g/mol. The Morgan fingerprint density at radius 3 is 2.36 bits per heavy atom. The van der Waals surface area contributed by atoms with Crippen molar-refractivity contribution in [1.82, 2.24) is 0 Å². The average Bonchev–Trinajstić information content (AvgIpc) is 2.92. The second-order valence-corrected chi connectivity index (χ2v) is 6.85. The second kappa shape index (κ2) is 8.67. The van der Waals surface area contributed by atoms with Gasteiger partial charge in [0, 0.05) is 24.9 Å². The summed E-state index contributed by atoms with van der Waals surface area (Å²) >= 11 is 0. The van der Waals surface area contributed by atoms with Crippen molar-refractivity contribution in [3.05, 3.63) is 65.2 Å². The Kier molecular flexibility index (Phi) is 6.84. The molecule has 1 aliphatic rings. The fraction of sp³-hybridized carbons (Fsp3) is 0.350. The van der Waals surface area contributed by atoms with Gasteiger partial charge in [-0.05, 0) is 35.4 Å². The summed E-state index contributed by atoms with van der Waals surface area (Å²) in [6.45, 7) is 3.54. The van der Waals surface area contributed by atoms with Crippen molar-refractivity contribution >= 4 is 35.6 Å². The van der Waals surface area contributed by atoms with Crippen LogP contribution in [0.25, 0.3) is 0 Å². The monoisotopic (exact) mass is 451 g/mol. The Balaban J connectivity index is 0.00000225. The molecule has 0 amide bonds. The molecule has 0 bridgehead atoms. The van der Waals surface area contributed by atoms with Crippen LogP contribution < -0.4 is 11.1 Å². The molecule has 0 saturated heterocycles. The predicted octanol–water partition coefficient (Wildman–Crippen LogP) is 3.98. The molecule has 0 fully saturated rings. The molecule has 0 spiro atoms. The van der Waals surface area contributed by atoms with Gasteiger partial charge in [-0.25, -0.2) is 0 Å². The Bertz CT molecular complexity index is 720. The topological polar surface area (TPSA) is 59.6 Å². The lowest BCUT2D eigenvalue weighted by molar-refractivity contribution is 0.185. The lowest BCUT2D eigenvalue weighted by Gasteiger charge is -2.21. The molecule has 0 aliphatic heterocycles. The number of rotatable bonds is 5. The Hall–Kier alpha value is -1.60. The Labute approximate surface area is 166 Å². The predicted molar refractivity (Wildman–Crippen MR) is 115 cm³/mol. The van der Waals surface area contributed by atoms with E-state index < -0.39 is 0 Å². The van der Waals surface area contributed by atoms with Gasteiger partial charge < -0.3 is 15.8 Å². The van der Waals surface area contributed by atoms with Crippen LogP contribution in [0, 0.1) is 5.41 Å². The highest BCUT2D eigenvalue weighted by atomic mass is 127. The van der Waals surface area contributed by atoms with Gasteiger partial charge in [-0.3, -0.25) is 4.99 Å². The molecule has 5 heteroatoms. The van der Waals surface area contributed by atoms with Gasteiger partial charge in [-0.15, -0.1) is 24.0 Å². The third-order valence-corrected chi connectivity index (χ3v) is 4.56. The van der Waals surface area contributed by atoms with Gasteiger partial charge in [0.2, 0.25) is 0 Å². The third kappa shape index (κ3) is 4.95. The summed E-state index contributed by atoms with van der Waals surface area (Å²) in [5.74, 6) is 0.454. The van der Waals surface area contributed by atoms with Crippen LogP contribution in [0.5, 0.6) is 0 Å². The number of benzene rings is 2. The van der Waals surface area contributed by atoms with Crippen LogP contribution in [0.2, 0.25) is 0 Å². The Morgan fingerprint density at radius 1 is 1.12 bits per heavy atom. The molecule has 134 valence electrons. The lowest BCUT2D eigenvalue weighted by Crippen LogP contribution is -2.28. The van der Waals surface area contributed by atoms with Gasteiger partial charge >= 0.3 is 0 Å². The highest BCUT2D eigenvalue weighted by molar-refractivity contribution is 14.0. The number of anilines is 1. The molecule has 2 aromatic rings. The number of hydrogen-bond donors (Lipinski definition) is 2. The van der Waals surface area contributed by atoms with Crippen LogP contribution in [0.1, 0.15) is 23.6 Å². The smallest absolute Gasteiger partial charge is 0.193 e. The maximum atomic E-state index is 6.11. The van der Waals surface area contributed by atoms with Crippen molar-refractivity contribution in [2.45, 2.75) is 26.4 Å². The molecule has 2 aromatic carbocycles. The van der Waals surface area contributed by atoms with Gasteiger partial charge in [-0.1, -0.05) is 49.4 Å². The summed E-state index contributed by atoms with van der Waals surface area (Å²) in [6.07, 6.45) is 2.11. The molecule has 3 rings (SSSR count). The van der Waals surface area contributed by atoms with E-state index in [1.807, 2.05) is 24.3 Å². The molecule has 0 heterocycles. The molecule has 0 aromatic heterocycles. The van der Waals surface area contributed by atoms with Crippen molar-refractivity contribution < 1.29 is 4.74 Å². The highest BCUT2D eigenvalue weighted by Gasteiger charge is 2.32. The van der Waals surface area contributed by atoms with Gasteiger partial charge in [0.1, 0.15) is 0 Å². The highest BCUT2D eigenvalue weighted by Crippen LogP contribution is 2.36. The molecule has 0 saturated carbocycles. The first-order chi connectivity index (χ1) is 11.6. The molecule has 0 atom stereocenters. The maximum absolute atomic E-state index is 6.11. The first kappa shape index (κ1) is 19.7. The summed E-state index contributed by atoms with van der Waals surface area (Å²) in [4.78, 5) is 4.60. The molecular weight excluding hydrogens is 425 g/mol. The summed E-state index contributed by atoms with van der Waals surface area (Å²) in [5.41, 5.74) is 11.1. The van der Waals surface area contributed by atoms with Gasteiger partial charge in [-0.2, -0.15) is 0 Å². The van der Waals surface area contributed by atoms with Crippen LogP contribution in [0.15, 0.2) is 53.5 Å². The van der Waals surface area contributed by atoms with E-state index in [2.05, 4.69) is 41.5 Å². The molecular formula is C20H26IN3O. The summed E-state index contributed by atoms with van der Waals surface area (Å²) in [7, 11) is 1.69. The number of nitrogens with one attached hydrogen (secondary N) is 1. The summed E-state index contributed by atoms with van der Waals surface area (Å²) in [5, 5.41) is 3.21. The van der Waals surface area contributed by atoms with Crippen molar-refractivity contribution in [3.63, 3.8) is 0 Å². The van der Waals surface area contributed by atoms with Crippen LogP contribution in [-0.2, 0) is 24.2 Å². The van der Waals surface area contributed by atoms with E-state index in [0.717, 1.165) is 24.1 Å². The normalized spacial score (nSPS) is 15.4. The van der Waals surface area contributed by atoms with Gasteiger partial charge in [0.05, 0.1) is 6.61 Å². The fourth-order valence-electron chi connectivity index (χ4n) is 3.37. The van der Waals surface area contributed by atoms with E-state index in [-0.39, 0.29) is 29.4 Å². The van der Waals surface area contributed by atoms with Crippen LogP contribution >= 0.6 is 24.0 Å². The van der Waals surface area contributed by atoms with E-state index in [4.69, 9.17) is 10.5 Å². The zero-order chi connectivity index (χ0) is 17.0. The maximum Gasteiger partial charge on any atom is 0.193 e. The fourth-order valence-corrected chi connectivity index (χ4v) is 3.37. The van der Waals surface area contributed by atoms with E-state index in [1.54, 1.807) is 7.11 Å². The minimum atomic E-state index is 0. The van der Waals surface area contributed by atoms with Crippen LogP contribution in [0.3, 0.4) is 0 Å². The van der Waals surface area contributed by atoms with Crippen molar-refractivity contribution in [2.24, 2.45) is 16.1 Å².